The Morgan fingerprint density at radius 1 is 1.36 bits per heavy atom. The van der Waals surface area contributed by atoms with E-state index < -0.39 is 0 Å². The summed E-state index contributed by atoms with van der Waals surface area (Å²) in [6, 6.07) is 0. The third kappa shape index (κ3) is 13.0. The van der Waals surface area contributed by atoms with Gasteiger partial charge in [-0.2, -0.15) is 0 Å². The molecule has 1 atom stereocenters. The highest BCUT2D eigenvalue weighted by molar-refractivity contribution is 4.46. The first-order valence-corrected chi connectivity index (χ1v) is 3.06. The van der Waals surface area contributed by atoms with E-state index in [2.05, 4.69) is 4.74 Å². The van der Waals surface area contributed by atoms with Crippen LogP contribution in [0, 0.1) is 0 Å². The van der Waals surface area contributed by atoms with Gasteiger partial charge in [-0.25, -0.2) is 0 Å². The lowest BCUT2D eigenvalue weighted by Crippen LogP contribution is -2.14. The van der Waals surface area contributed by atoms with Gasteiger partial charge in [0, 0.05) is 7.11 Å². The summed E-state index contributed by atoms with van der Waals surface area (Å²) in [5, 5.41) is 8.90. The summed E-state index contributed by atoms with van der Waals surface area (Å²) in [5.74, 6) is 0. The van der Waals surface area contributed by atoms with Crippen LogP contribution in [0.4, 0.5) is 0 Å². The van der Waals surface area contributed by atoms with Crippen molar-refractivity contribution in [1.29, 1.82) is 0 Å². The van der Waals surface area contributed by atoms with Gasteiger partial charge in [-0.3, -0.25) is 0 Å². The molecule has 0 saturated carbocycles. The molecular weight excluding hydrogens is 144 g/mol. The fraction of sp³-hybridized carbons (Fsp3) is 1.00. The van der Waals surface area contributed by atoms with Gasteiger partial charge in [-0.15, -0.1) is 0 Å². The summed E-state index contributed by atoms with van der Waals surface area (Å²) >= 11 is 0. The quantitative estimate of drug-likeness (QED) is 0.498. The van der Waals surface area contributed by atoms with E-state index in [0.29, 0.717) is 6.61 Å². The second-order valence-corrected chi connectivity index (χ2v) is 1.84. The van der Waals surface area contributed by atoms with Crippen molar-refractivity contribution in [2.75, 3.05) is 20.5 Å². The molecule has 0 amide bonds. The Bertz CT molecular complexity index is 57.3. The van der Waals surface area contributed by atoms with E-state index >= 15 is 0 Å². The van der Waals surface area contributed by atoms with E-state index in [1.54, 1.807) is 7.11 Å². The van der Waals surface area contributed by atoms with Gasteiger partial charge < -0.3 is 14.6 Å². The van der Waals surface area contributed by atoms with E-state index in [1.807, 2.05) is 6.92 Å². The van der Waals surface area contributed by atoms with Crippen molar-refractivity contribution in [1.82, 2.24) is 0 Å². The lowest BCUT2D eigenvalue weighted by atomic mass is 10.3. The molecule has 0 rings (SSSR count). The number of rotatable bonds is 5. The van der Waals surface area contributed by atoms with E-state index in [-0.39, 0.29) is 27.8 Å². The van der Waals surface area contributed by atoms with Crippen LogP contribution in [-0.2, 0) is 9.47 Å². The molecule has 1 unspecified atom stereocenters. The first-order chi connectivity index (χ1) is 4.31. The Morgan fingerprint density at radius 2 is 1.91 bits per heavy atom. The van der Waals surface area contributed by atoms with Crippen molar-refractivity contribution in [2.24, 2.45) is 0 Å². The van der Waals surface area contributed by atoms with Crippen molar-refractivity contribution >= 4 is 0 Å². The monoisotopic (exact) mass is 166 g/mol. The predicted octanol–water partition coefficient (Wildman–Crippen LogP) is 1.65. The summed E-state index contributed by atoms with van der Waals surface area (Å²) in [6.45, 7) is 2.53. The van der Waals surface area contributed by atoms with Gasteiger partial charge in [0.15, 0.2) is 0 Å². The number of aliphatic hydroxyl groups excluding tert-OH is 1. The molecule has 72 valence electrons. The molecule has 3 heteroatoms. The normalized spacial score (nSPS) is 11.2. The SMILES string of the molecule is C.C.CCC(O)COCOC. The van der Waals surface area contributed by atoms with Crippen molar-refractivity contribution < 1.29 is 14.6 Å². The fourth-order valence-electron chi connectivity index (χ4n) is 0.385. The van der Waals surface area contributed by atoms with Gasteiger partial charge in [0.05, 0.1) is 12.7 Å². The van der Waals surface area contributed by atoms with Crippen LogP contribution in [0.1, 0.15) is 28.2 Å². The van der Waals surface area contributed by atoms with Crippen LogP contribution in [0.25, 0.3) is 0 Å². The molecule has 0 aromatic carbocycles. The minimum atomic E-state index is -0.347. The molecule has 11 heavy (non-hydrogen) atoms. The first-order valence-electron chi connectivity index (χ1n) is 3.06. The summed E-state index contributed by atoms with van der Waals surface area (Å²) in [6.07, 6.45) is 0.379. The molecule has 0 fully saturated rings. The molecule has 0 aliphatic heterocycles. The second-order valence-electron chi connectivity index (χ2n) is 1.84. The van der Waals surface area contributed by atoms with Crippen LogP contribution in [0.5, 0.6) is 0 Å². The number of hydrogen-bond acceptors (Lipinski definition) is 3. The lowest BCUT2D eigenvalue weighted by molar-refractivity contribution is -0.0617. The van der Waals surface area contributed by atoms with Crippen LogP contribution in [-0.4, -0.2) is 31.7 Å². The molecule has 0 aromatic heterocycles. The fourth-order valence-corrected chi connectivity index (χ4v) is 0.385. The number of hydrogen-bond donors (Lipinski definition) is 1. The Kier molecular flexibility index (Phi) is 19.5. The average molecular weight is 166 g/mol. The standard InChI is InChI=1S/C6H14O3.2CH4/c1-3-6(7)4-9-5-8-2;;/h6-7H,3-5H2,1-2H3;2*1H4. The lowest BCUT2D eigenvalue weighted by Gasteiger charge is -2.06. The molecule has 0 aliphatic rings. The van der Waals surface area contributed by atoms with Gasteiger partial charge in [0.2, 0.25) is 0 Å². The molecule has 0 radical (unpaired) electrons. The zero-order chi connectivity index (χ0) is 7.11. The maximum absolute atomic E-state index is 8.90. The van der Waals surface area contributed by atoms with Crippen molar-refractivity contribution in [3.05, 3.63) is 0 Å². The van der Waals surface area contributed by atoms with E-state index in [4.69, 9.17) is 9.84 Å². The Morgan fingerprint density at radius 3 is 2.27 bits per heavy atom. The van der Waals surface area contributed by atoms with E-state index in [9.17, 15) is 0 Å². The largest absolute Gasteiger partial charge is 0.391 e. The molecule has 0 aromatic rings. The van der Waals surface area contributed by atoms with Gasteiger partial charge in [-0.05, 0) is 6.42 Å². The third-order valence-corrected chi connectivity index (χ3v) is 0.983. The zero-order valence-electron chi connectivity index (χ0n) is 5.96. The average Bonchev–Trinajstić information content (AvgIpc) is 1.89. The predicted molar refractivity (Wildman–Crippen MR) is 47.6 cm³/mol. The molecule has 0 heterocycles. The van der Waals surface area contributed by atoms with Gasteiger partial charge in [0.1, 0.15) is 6.79 Å². The topological polar surface area (TPSA) is 38.7 Å². The number of aliphatic hydroxyl groups is 1. The highest BCUT2D eigenvalue weighted by atomic mass is 16.7. The molecule has 1 N–H and O–H groups in total. The van der Waals surface area contributed by atoms with Crippen LogP contribution in [0.15, 0.2) is 0 Å². The number of methoxy groups -OCH3 is 1. The molecular formula is C8H22O3. The van der Waals surface area contributed by atoms with Crippen molar-refractivity contribution in [3.63, 3.8) is 0 Å². The maximum atomic E-state index is 8.90. The van der Waals surface area contributed by atoms with Gasteiger partial charge in [-0.1, -0.05) is 21.8 Å². The Balaban J connectivity index is -0.000000320. The van der Waals surface area contributed by atoms with Crippen LogP contribution >= 0.6 is 0 Å². The van der Waals surface area contributed by atoms with Crippen LogP contribution in [0.3, 0.4) is 0 Å². The minimum absolute atomic E-state index is 0. The first kappa shape index (κ1) is 17.1. The molecule has 0 bridgehead atoms. The second kappa shape index (κ2) is 12.5. The summed E-state index contributed by atoms with van der Waals surface area (Å²) < 4.78 is 9.47. The highest BCUT2D eigenvalue weighted by Gasteiger charge is 1.97. The minimum Gasteiger partial charge on any atom is -0.391 e. The Hall–Kier alpha value is -0.120. The van der Waals surface area contributed by atoms with Gasteiger partial charge >= 0.3 is 0 Å². The maximum Gasteiger partial charge on any atom is 0.146 e. The Labute approximate surface area is 70.3 Å². The smallest absolute Gasteiger partial charge is 0.146 e. The number of ether oxygens (including phenoxy) is 2. The molecule has 0 saturated heterocycles. The molecule has 3 nitrogen and oxygen atoms in total. The van der Waals surface area contributed by atoms with E-state index in [1.165, 1.54) is 0 Å². The third-order valence-electron chi connectivity index (χ3n) is 0.983. The van der Waals surface area contributed by atoms with E-state index in [0.717, 1.165) is 6.42 Å². The summed E-state index contributed by atoms with van der Waals surface area (Å²) in [4.78, 5) is 0. The molecule has 0 aliphatic carbocycles. The van der Waals surface area contributed by atoms with Crippen LogP contribution < -0.4 is 0 Å². The van der Waals surface area contributed by atoms with Crippen molar-refractivity contribution in [2.45, 2.75) is 34.3 Å². The zero-order valence-corrected chi connectivity index (χ0v) is 5.96. The highest BCUT2D eigenvalue weighted by Crippen LogP contribution is 1.89. The molecule has 0 spiro atoms. The summed E-state index contributed by atoms with van der Waals surface area (Å²) in [5.41, 5.74) is 0. The van der Waals surface area contributed by atoms with Crippen LogP contribution in [0.2, 0.25) is 0 Å². The summed E-state index contributed by atoms with van der Waals surface area (Å²) in [7, 11) is 1.55. The van der Waals surface area contributed by atoms with Gasteiger partial charge in [0.25, 0.3) is 0 Å². The van der Waals surface area contributed by atoms with Crippen molar-refractivity contribution in [3.8, 4) is 0 Å².